The molecule has 0 aromatic heterocycles. The number of carbonyl (C=O) groups excluding carboxylic acids is 1. The molecule has 12 heteroatoms. The summed E-state index contributed by atoms with van der Waals surface area (Å²) in [4.78, 5) is 13.9. The van der Waals surface area contributed by atoms with E-state index in [9.17, 15) is 18.3 Å². The molecule has 0 aliphatic carbocycles. The number of halogens is 2. The molecule has 1 aliphatic heterocycles. The molecule has 4 aromatic carbocycles. The zero-order chi connectivity index (χ0) is 35.0. The molecule has 0 radical (unpaired) electrons. The van der Waals surface area contributed by atoms with Gasteiger partial charge >= 0.3 is 6.09 Å². The maximum absolute atomic E-state index is 12.6. The van der Waals surface area contributed by atoms with Gasteiger partial charge in [-0.1, -0.05) is 120 Å². The average Bonchev–Trinajstić information content (AvgIpc) is 3.22. The predicted octanol–water partition coefficient (Wildman–Crippen LogP) is 6.03. The van der Waals surface area contributed by atoms with Crippen LogP contribution in [-0.4, -0.2) is 68.2 Å². The average molecular weight is 732 g/mol. The van der Waals surface area contributed by atoms with Crippen LogP contribution in [0.5, 0.6) is 0 Å². The number of nitrogens with zero attached hydrogens (tertiary/aromatic N) is 1. The van der Waals surface area contributed by atoms with E-state index in [-0.39, 0.29) is 31.3 Å². The van der Waals surface area contributed by atoms with Crippen molar-refractivity contribution >= 4 is 63.2 Å². The number of hydrogen-bond donors (Lipinski definition) is 2. The van der Waals surface area contributed by atoms with Crippen molar-refractivity contribution in [1.29, 1.82) is 0 Å². The molecule has 48 heavy (non-hydrogen) atoms. The van der Waals surface area contributed by atoms with E-state index >= 15 is 0 Å². The van der Waals surface area contributed by atoms with Gasteiger partial charge in [-0.25, -0.2) is 17.9 Å². The smallest absolute Gasteiger partial charge is 0.410 e. The molecule has 1 amide bonds. The van der Waals surface area contributed by atoms with Gasteiger partial charge in [-0.15, -0.1) is 0 Å². The lowest BCUT2D eigenvalue weighted by Crippen LogP contribution is -2.54. The Hall–Kier alpha value is -3.01. The van der Waals surface area contributed by atoms with E-state index in [4.69, 9.17) is 32.7 Å². The van der Waals surface area contributed by atoms with Crippen LogP contribution in [0.4, 0.5) is 4.79 Å². The number of benzene rings is 4. The van der Waals surface area contributed by atoms with E-state index in [1.807, 2.05) is 0 Å². The Labute approximate surface area is 294 Å². The van der Waals surface area contributed by atoms with Crippen LogP contribution >= 0.6 is 31.1 Å². The normalized spacial score (nSPS) is 18.4. The van der Waals surface area contributed by atoms with E-state index < -0.39 is 41.3 Å². The van der Waals surface area contributed by atoms with Gasteiger partial charge in [0.05, 0.1) is 29.5 Å². The van der Waals surface area contributed by atoms with Crippen LogP contribution < -0.4 is 20.6 Å². The van der Waals surface area contributed by atoms with Crippen LogP contribution in [0.25, 0.3) is 0 Å². The van der Waals surface area contributed by atoms with Crippen molar-refractivity contribution in [1.82, 2.24) is 9.62 Å². The summed E-state index contributed by atoms with van der Waals surface area (Å²) in [6.45, 7) is 4.87. The lowest BCUT2D eigenvalue weighted by atomic mass is 9.90. The fourth-order valence-corrected chi connectivity index (χ4v) is 8.20. The SMILES string of the molecule is CC(C)(C)OC(=O)N1CCOC(c2ccc(Cl)c(Cl)c2)C(O)(CNS(C)(=O)=O)C1.c1ccc(P(c2ccccc2)c2ccccc2)cc1. The van der Waals surface area contributed by atoms with E-state index in [0.717, 1.165) is 6.26 Å². The third-order valence-electron chi connectivity index (χ3n) is 7.18. The minimum absolute atomic E-state index is 0.103. The number of nitrogens with one attached hydrogen (secondary N) is 1. The fraction of sp³-hybridized carbons (Fsp3) is 0.306. The Bertz CT molecular complexity index is 1650. The highest BCUT2D eigenvalue weighted by molar-refractivity contribution is 7.88. The molecule has 2 unspecified atom stereocenters. The summed E-state index contributed by atoms with van der Waals surface area (Å²) < 4.78 is 36.8. The number of aliphatic hydroxyl groups is 1. The minimum Gasteiger partial charge on any atom is -0.444 e. The maximum atomic E-state index is 12.6. The van der Waals surface area contributed by atoms with Crippen LogP contribution in [0.2, 0.25) is 10.0 Å². The van der Waals surface area contributed by atoms with Gasteiger partial charge in [0, 0.05) is 13.1 Å². The largest absolute Gasteiger partial charge is 0.444 e. The van der Waals surface area contributed by atoms with Gasteiger partial charge < -0.3 is 19.5 Å². The standard InChI is InChI=1S/C18H26Cl2N2O6S.C18H15P/c1-17(2,3)28-16(23)22-7-8-27-15(12-5-6-13(19)14(20)9-12)18(24,11-22)10-21-29(4,25)26;1-4-10-16(11-5-1)19(17-12-6-2-7-13-17)18-14-8-3-9-15-18/h5-6,9,15,21,24H,7-8,10-11H2,1-4H3;1-15H. The van der Waals surface area contributed by atoms with E-state index in [1.165, 1.54) is 20.8 Å². The number of ether oxygens (including phenoxy) is 2. The molecule has 1 aliphatic rings. The van der Waals surface area contributed by atoms with Crippen molar-refractivity contribution in [2.75, 3.05) is 32.5 Å². The summed E-state index contributed by atoms with van der Waals surface area (Å²) in [6, 6.07) is 37.1. The number of sulfonamides is 1. The van der Waals surface area contributed by atoms with Gasteiger partial charge in [0.15, 0.2) is 0 Å². The molecule has 8 nitrogen and oxygen atoms in total. The van der Waals surface area contributed by atoms with Gasteiger partial charge in [0.2, 0.25) is 10.0 Å². The Morgan fingerprint density at radius 3 is 1.85 bits per heavy atom. The lowest BCUT2D eigenvalue weighted by Gasteiger charge is -2.37. The van der Waals surface area contributed by atoms with Crippen molar-refractivity contribution < 1.29 is 27.8 Å². The zero-order valence-electron chi connectivity index (χ0n) is 27.3. The molecule has 1 fully saturated rings. The summed E-state index contributed by atoms with van der Waals surface area (Å²) in [6.07, 6.45) is -0.610. The number of carbonyl (C=O) groups is 1. The molecule has 1 heterocycles. The number of β-amino-alcohol motifs (C(OH)–C–C–N with tert-alkyl or cyclic N) is 1. The van der Waals surface area contributed by atoms with Crippen molar-refractivity contribution in [3.8, 4) is 0 Å². The Morgan fingerprint density at radius 1 is 0.917 bits per heavy atom. The quantitative estimate of drug-likeness (QED) is 0.225. The molecular formula is C36H41Cl2N2O6PS. The second kappa shape index (κ2) is 16.6. The second-order valence-electron chi connectivity index (χ2n) is 12.4. The Kier molecular flexibility index (Phi) is 13.1. The fourth-order valence-electron chi connectivity index (χ4n) is 5.08. The molecule has 0 saturated carbocycles. The Morgan fingerprint density at radius 2 is 1.42 bits per heavy atom. The third-order valence-corrected chi connectivity index (χ3v) is 11.0. The van der Waals surface area contributed by atoms with Crippen molar-refractivity contribution in [3.63, 3.8) is 0 Å². The summed E-state index contributed by atoms with van der Waals surface area (Å²) in [5.41, 5.74) is -2.01. The second-order valence-corrected chi connectivity index (χ2v) is 17.2. The first-order chi connectivity index (χ1) is 22.7. The first-order valence-corrected chi connectivity index (χ1v) is 19.3. The molecule has 256 valence electrons. The van der Waals surface area contributed by atoms with Crippen LogP contribution in [0.15, 0.2) is 109 Å². The van der Waals surface area contributed by atoms with E-state index in [0.29, 0.717) is 10.6 Å². The van der Waals surface area contributed by atoms with E-state index in [2.05, 4.69) is 95.7 Å². The van der Waals surface area contributed by atoms with Crippen LogP contribution in [0, 0.1) is 0 Å². The minimum atomic E-state index is -3.61. The molecule has 0 bridgehead atoms. The van der Waals surface area contributed by atoms with Gasteiger partial charge in [-0.3, -0.25) is 0 Å². The summed E-state index contributed by atoms with van der Waals surface area (Å²) in [5, 5.41) is 16.2. The topological polar surface area (TPSA) is 105 Å². The molecule has 2 atom stereocenters. The molecule has 0 spiro atoms. The first-order valence-electron chi connectivity index (χ1n) is 15.3. The molecule has 1 saturated heterocycles. The highest BCUT2D eigenvalue weighted by Gasteiger charge is 2.44. The highest BCUT2D eigenvalue weighted by Crippen LogP contribution is 2.36. The summed E-state index contributed by atoms with van der Waals surface area (Å²) >= 11 is 12.1. The highest BCUT2D eigenvalue weighted by atomic mass is 35.5. The van der Waals surface area contributed by atoms with Crippen molar-refractivity contribution in [2.24, 2.45) is 0 Å². The number of hydrogen-bond acceptors (Lipinski definition) is 6. The number of rotatable bonds is 7. The molecule has 2 N–H and O–H groups in total. The van der Waals surface area contributed by atoms with Crippen LogP contribution in [0.3, 0.4) is 0 Å². The van der Waals surface area contributed by atoms with Crippen LogP contribution in [-0.2, 0) is 19.5 Å². The molecule has 4 aromatic rings. The monoisotopic (exact) mass is 730 g/mol. The zero-order valence-corrected chi connectivity index (χ0v) is 30.6. The van der Waals surface area contributed by atoms with Gasteiger partial charge in [0.25, 0.3) is 0 Å². The van der Waals surface area contributed by atoms with Gasteiger partial charge in [-0.05, 0) is 62.3 Å². The number of amides is 1. The van der Waals surface area contributed by atoms with Gasteiger partial charge in [0.1, 0.15) is 17.3 Å². The molecular weight excluding hydrogens is 690 g/mol. The predicted molar refractivity (Wildman–Crippen MR) is 196 cm³/mol. The third kappa shape index (κ3) is 11.0. The Balaban J connectivity index is 0.000000235. The lowest BCUT2D eigenvalue weighted by molar-refractivity contribution is -0.0958. The van der Waals surface area contributed by atoms with Crippen molar-refractivity contribution in [3.05, 3.63) is 125 Å². The van der Waals surface area contributed by atoms with Gasteiger partial charge in [-0.2, -0.15) is 0 Å². The van der Waals surface area contributed by atoms with Crippen molar-refractivity contribution in [2.45, 2.75) is 38.1 Å². The summed E-state index contributed by atoms with van der Waals surface area (Å²) in [7, 11) is -4.05. The maximum Gasteiger partial charge on any atom is 0.410 e. The summed E-state index contributed by atoms with van der Waals surface area (Å²) in [5.74, 6) is 0. The van der Waals surface area contributed by atoms with E-state index in [1.54, 1.807) is 39.0 Å². The molecule has 5 rings (SSSR count). The van der Waals surface area contributed by atoms with Crippen LogP contribution in [0.1, 0.15) is 32.4 Å². The first kappa shape index (κ1) is 37.8.